The minimum Gasteiger partial charge on any atom is -0.506 e. The van der Waals surface area contributed by atoms with Gasteiger partial charge in [-0.2, -0.15) is 10.4 Å². The summed E-state index contributed by atoms with van der Waals surface area (Å²) in [6.45, 7) is 2.26. The van der Waals surface area contributed by atoms with Gasteiger partial charge in [-0.1, -0.05) is 24.3 Å². The normalized spacial score (nSPS) is 9.92. The fourth-order valence-corrected chi connectivity index (χ4v) is 2.48. The monoisotopic (exact) mass is 355 g/mol. The second-order valence-electron chi connectivity index (χ2n) is 5.41. The Morgan fingerprint density at radius 3 is 2.60 bits per heavy atom. The largest absolute Gasteiger partial charge is 0.506 e. The lowest BCUT2D eigenvalue weighted by Gasteiger charge is -2.11. The van der Waals surface area contributed by atoms with Gasteiger partial charge in [0.15, 0.2) is 0 Å². The van der Waals surface area contributed by atoms with Gasteiger partial charge in [0.2, 0.25) is 0 Å². The molecule has 0 radical (unpaired) electrons. The lowest BCUT2D eigenvalue weighted by molar-refractivity contribution is 0.478. The molecular weight excluding hydrogens is 338 g/mol. The van der Waals surface area contributed by atoms with Crippen LogP contribution in [0.4, 0.5) is 11.5 Å². The number of rotatable bonds is 4. The number of nitrogen functional groups attached to an aromatic ring is 1. The van der Waals surface area contributed by atoms with Crippen LogP contribution in [0, 0.1) is 18.3 Å². The number of halogens is 1. The Hall–Kier alpha value is -3.17. The van der Waals surface area contributed by atoms with Gasteiger partial charge in [0.25, 0.3) is 0 Å². The molecular formula is C18H18ClN5O. The highest BCUT2D eigenvalue weighted by Gasteiger charge is 2.16. The maximum absolute atomic E-state index is 9.50. The Bertz CT molecular complexity index is 915. The van der Waals surface area contributed by atoms with Gasteiger partial charge in [0, 0.05) is 6.54 Å². The van der Waals surface area contributed by atoms with Crippen molar-refractivity contribution in [1.82, 2.24) is 9.78 Å². The second-order valence-corrected chi connectivity index (χ2v) is 5.41. The zero-order valence-corrected chi connectivity index (χ0v) is 14.4. The van der Waals surface area contributed by atoms with Gasteiger partial charge in [-0.3, -0.25) is 0 Å². The van der Waals surface area contributed by atoms with Crippen molar-refractivity contribution < 1.29 is 5.11 Å². The van der Waals surface area contributed by atoms with Crippen LogP contribution in [0.5, 0.6) is 5.75 Å². The first-order chi connectivity index (χ1) is 11.6. The van der Waals surface area contributed by atoms with E-state index < -0.39 is 0 Å². The molecule has 4 N–H and O–H groups in total. The summed E-state index contributed by atoms with van der Waals surface area (Å²) in [5.74, 6) is 0.689. The van der Waals surface area contributed by atoms with E-state index in [-0.39, 0.29) is 18.2 Å². The Morgan fingerprint density at radius 2 is 1.96 bits per heavy atom. The lowest BCUT2D eigenvalue weighted by atomic mass is 10.2. The molecule has 2 aromatic carbocycles. The van der Waals surface area contributed by atoms with Crippen LogP contribution >= 0.6 is 12.4 Å². The predicted molar refractivity (Wildman–Crippen MR) is 100 cm³/mol. The van der Waals surface area contributed by atoms with Crippen LogP contribution in [0.1, 0.15) is 16.8 Å². The summed E-state index contributed by atoms with van der Waals surface area (Å²) in [4.78, 5) is 0. The maximum atomic E-state index is 9.50. The molecule has 0 saturated carbocycles. The third kappa shape index (κ3) is 3.67. The van der Waals surface area contributed by atoms with E-state index in [1.54, 1.807) is 22.9 Å². The number of phenols is 1. The van der Waals surface area contributed by atoms with Crippen molar-refractivity contribution in [2.75, 3.05) is 11.1 Å². The van der Waals surface area contributed by atoms with E-state index in [1.807, 2.05) is 37.3 Å². The molecule has 3 rings (SSSR count). The summed E-state index contributed by atoms with van der Waals surface area (Å²) in [7, 11) is 0. The van der Waals surface area contributed by atoms with E-state index in [0.717, 1.165) is 11.3 Å². The minimum atomic E-state index is 0. The predicted octanol–water partition coefficient (Wildman–Crippen LogP) is 3.37. The Balaban J connectivity index is 0.00000225. The first-order valence-corrected chi connectivity index (χ1v) is 7.46. The van der Waals surface area contributed by atoms with E-state index in [4.69, 9.17) is 5.73 Å². The molecule has 1 heterocycles. The number of nitriles is 1. The highest BCUT2D eigenvalue weighted by atomic mass is 35.5. The van der Waals surface area contributed by atoms with Crippen molar-refractivity contribution in [3.05, 3.63) is 65.4 Å². The number of aromatic nitrogens is 2. The Kier molecular flexibility index (Phi) is 5.52. The van der Waals surface area contributed by atoms with Crippen molar-refractivity contribution in [2.24, 2.45) is 0 Å². The fraction of sp³-hybridized carbons (Fsp3) is 0.111. The molecule has 0 aliphatic heterocycles. The molecule has 0 amide bonds. The van der Waals surface area contributed by atoms with Gasteiger partial charge < -0.3 is 16.2 Å². The number of aryl methyl sites for hydroxylation is 1. The molecule has 128 valence electrons. The van der Waals surface area contributed by atoms with E-state index >= 15 is 0 Å². The molecule has 0 unspecified atom stereocenters. The van der Waals surface area contributed by atoms with E-state index in [0.29, 0.717) is 29.3 Å². The van der Waals surface area contributed by atoms with Crippen molar-refractivity contribution in [3.63, 3.8) is 0 Å². The van der Waals surface area contributed by atoms with Crippen LogP contribution in [-0.2, 0) is 6.54 Å². The van der Waals surface area contributed by atoms with Crippen LogP contribution < -0.4 is 11.1 Å². The molecule has 0 aliphatic rings. The number of para-hydroxylation sites is 1. The summed E-state index contributed by atoms with van der Waals surface area (Å²) < 4.78 is 1.72. The summed E-state index contributed by atoms with van der Waals surface area (Å²) in [5, 5.41) is 26.7. The molecule has 6 nitrogen and oxygen atoms in total. The third-order valence-electron chi connectivity index (χ3n) is 3.72. The van der Waals surface area contributed by atoms with E-state index in [2.05, 4.69) is 16.5 Å². The van der Waals surface area contributed by atoms with Crippen molar-refractivity contribution in [1.29, 1.82) is 5.26 Å². The quantitative estimate of drug-likeness (QED) is 0.492. The molecule has 0 fully saturated rings. The van der Waals surface area contributed by atoms with Crippen LogP contribution in [0.25, 0.3) is 5.69 Å². The fourth-order valence-electron chi connectivity index (χ4n) is 2.48. The first-order valence-electron chi connectivity index (χ1n) is 7.46. The Morgan fingerprint density at radius 1 is 1.24 bits per heavy atom. The number of aromatic hydroxyl groups is 1. The molecule has 1 aromatic heterocycles. The molecule has 3 aromatic rings. The SMILES string of the molecule is Cc1nn(-c2ccccc2)c(NCc2ccc(O)c(N)c2)c1C#N.Cl. The highest BCUT2D eigenvalue weighted by molar-refractivity contribution is 5.85. The number of phenolic OH excluding ortho intramolecular Hbond substituents is 1. The maximum Gasteiger partial charge on any atom is 0.148 e. The highest BCUT2D eigenvalue weighted by Crippen LogP contribution is 2.25. The van der Waals surface area contributed by atoms with Gasteiger partial charge >= 0.3 is 0 Å². The van der Waals surface area contributed by atoms with Gasteiger partial charge in [-0.25, -0.2) is 4.68 Å². The van der Waals surface area contributed by atoms with E-state index in [9.17, 15) is 10.4 Å². The van der Waals surface area contributed by atoms with Crippen molar-refractivity contribution in [2.45, 2.75) is 13.5 Å². The number of hydrogen-bond acceptors (Lipinski definition) is 5. The van der Waals surface area contributed by atoms with Gasteiger partial charge in [0.1, 0.15) is 23.2 Å². The summed E-state index contributed by atoms with van der Waals surface area (Å²) in [6, 6.07) is 16.9. The average molecular weight is 356 g/mol. The number of benzene rings is 2. The van der Waals surface area contributed by atoms with Crippen LogP contribution in [-0.4, -0.2) is 14.9 Å². The number of hydrogen-bond donors (Lipinski definition) is 3. The first kappa shape index (κ1) is 18.2. The molecule has 0 aliphatic carbocycles. The van der Waals surface area contributed by atoms with Crippen molar-refractivity contribution in [3.8, 4) is 17.5 Å². The standard InChI is InChI=1S/C18H17N5O.ClH/c1-12-15(10-19)18(23(22-12)14-5-3-2-4-6-14)21-11-13-7-8-17(24)16(20)9-13;/h2-9,21,24H,11,20H2,1H3;1H. The van der Waals surface area contributed by atoms with E-state index in [1.165, 1.54) is 0 Å². The topological polar surface area (TPSA) is 99.9 Å². The summed E-state index contributed by atoms with van der Waals surface area (Å²) in [6.07, 6.45) is 0. The van der Waals surface area contributed by atoms with Crippen LogP contribution in [0.3, 0.4) is 0 Å². The summed E-state index contributed by atoms with van der Waals surface area (Å²) >= 11 is 0. The lowest BCUT2D eigenvalue weighted by Crippen LogP contribution is -2.07. The molecule has 0 saturated heterocycles. The Labute approximate surface area is 151 Å². The van der Waals surface area contributed by atoms with Gasteiger partial charge in [0.05, 0.1) is 17.1 Å². The van der Waals surface area contributed by atoms with Crippen molar-refractivity contribution >= 4 is 23.9 Å². The molecule has 0 atom stereocenters. The number of nitrogens with one attached hydrogen (secondary N) is 1. The number of nitrogens with zero attached hydrogens (tertiary/aromatic N) is 3. The zero-order chi connectivity index (χ0) is 17.1. The van der Waals surface area contributed by atoms with Gasteiger partial charge in [-0.05, 0) is 36.8 Å². The molecule has 0 spiro atoms. The average Bonchev–Trinajstić information content (AvgIpc) is 2.92. The molecule has 0 bridgehead atoms. The zero-order valence-electron chi connectivity index (χ0n) is 13.6. The molecule has 7 heteroatoms. The third-order valence-corrected chi connectivity index (χ3v) is 3.72. The summed E-state index contributed by atoms with van der Waals surface area (Å²) in [5.41, 5.74) is 8.98. The number of nitrogens with two attached hydrogens (primary N) is 1. The smallest absolute Gasteiger partial charge is 0.148 e. The van der Waals surface area contributed by atoms with Gasteiger partial charge in [-0.15, -0.1) is 12.4 Å². The number of anilines is 2. The minimum absolute atomic E-state index is 0. The van der Waals surface area contributed by atoms with Crippen LogP contribution in [0.2, 0.25) is 0 Å². The second kappa shape index (κ2) is 7.60. The van der Waals surface area contributed by atoms with Crippen LogP contribution in [0.15, 0.2) is 48.5 Å². The molecule has 25 heavy (non-hydrogen) atoms.